The van der Waals surface area contributed by atoms with Crippen LogP contribution >= 0.6 is 27.5 Å². The van der Waals surface area contributed by atoms with Crippen molar-refractivity contribution in [1.29, 1.82) is 0 Å². The highest BCUT2D eigenvalue weighted by Crippen LogP contribution is 2.36. The lowest BCUT2D eigenvalue weighted by molar-refractivity contribution is 0.588. The molecule has 0 aliphatic carbocycles. The van der Waals surface area contributed by atoms with Gasteiger partial charge in [0.05, 0.1) is 10.1 Å². The zero-order valence-corrected chi connectivity index (χ0v) is 13.4. The van der Waals surface area contributed by atoms with E-state index in [1.165, 1.54) is 6.26 Å². The summed E-state index contributed by atoms with van der Waals surface area (Å²) in [4.78, 5) is -0.288. The molecule has 2 nitrogen and oxygen atoms in total. The third-order valence-electron chi connectivity index (χ3n) is 3.00. The highest BCUT2D eigenvalue weighted by atomic mass is 79.9. The van der Waals surface area contributed by atoms with Gasteiger partial charge in [0.2, 0.25) is 0 Å². The van der Waals surface area contributed by atoms with Crippen molar-refractivity contribution >= 4 is 37.4 Å². The summed E-state index contributed by atoms with van der Waals surface area (Å²) in [6.45, 7) is 5.65. The molecule has 0 aromatic heterocycles. The van der Waals surface area contributed by atoms with Crippen molar-refractivity contribution < 1.29 is 8.42 Å². The number of hydrogen-bond donors (Lipinski definition) is 0. The van der Waals surface area contributed by atoms with Crippen molar-refractivity contribution in [3.63, 3.8) is 0 Å². The molecule has 0 saturated heterocycles. The fourth-order valence-electron chi connectivity index (χ4n) is 1.48. The third-order valence-corrected chi connectivity index (χ3v) is 6.58. The van der Waals surface area contributed by atoms with Gasteiger partial charge >= 0.3 is 0 Å². The van der Waals surface area contributed by atoms with E-state index in [2.05, 4.69) is 15.9 Å². The van der Waals surface area contributed by atoms with Gasteiger partial charge in [0.15, 0.2) is 9.84 Å². The molecule has 0 aliphatic rings. The molecule has 0 fully saturated rings. The van der Waals surface area contributed by atoms with Crippen LogP contribution in [0.4, 0.5) is 0 Å². The number of alkyl halides is 1. The number of halogens is 2. The van der Waals surface area contributed by atoms with E-state index in [1.807, 2.05) is 26.0 Å². The van der Waals surface area contributed by atoms with E-state index >= 15 is 0 Å². The largest absolute Gasteiger partial charge is 0.229 e. The minimum Gasteiger partial charge on any atom is -0.229 e. The van der Waals surface area contributed by atoms with E-state index < -0.39 is 15.1 Å². The van der Waals surface area contributed by atoms with Crippen LogP contribution in [0.25, 0.3) is 0 Å². The molecule has 0 amide bonds. The Morgan fingerprint density at radius 3 is 2.18 bits per heavy atom. The zero-order valence-electron chi connectivity index (χ0n) is 10.3. The number of rotatable bonds is 3. The molecule has 96 valence electrons. The Morgan fingerprint density at radius 2 is 1.71 bits per heavy atom. The summed E-state index contributed by atoms with van der Waals surface area (Å²) in [6.07, 6.45) is 1.24. The van der Waals surface area contributed by atoms with E-state index in [-0.39, 0.29) is 4.83 Å². The molecule has 5 heteroatoms. The highest BCUT2D eigenvalue weighted by molar-refractivity contribution is 9.09. The molecule has 0 heterocycles. The molecule has 0 radical (unpaired) electrons. The monoisotopic (exact) mass is 338 g/mol. The lowest BCUT2D eigenvalue weighted by Crippen LogP contribution is -2.21. The fourth-order valence-corrected chi connectivity index (χ4v) is 4.09. The van der Waals surface area contributed by atoms with E-state index in [0.29, 0.717) is 5.02 Å². The second-order valence-corrected chi connectivity index (χ2v) is 8.19. The third kappa shape index (κ3) is 3.46. The molecule has 2 atom stereocenters. The lowest BCUT2D eigenvalue weighted by atomic mass is 10.0. The molecular weight excluding hydrogens is 324 g/mol. The number of sulfone groups is 1. The average molecular weight is 340 g/mol. The first-order valence-corrected chi connectivity index (χ1v) is 8.49. The van der Waals surface area contributed by atoms with E-state index in [1.54, 1.807) is 6.92 Å². The maximum absolute atomic E-state index is 11.5. The lowest BCUT2D eigenvalue weighted by Gasteiger charge is -2.19. The molecule has 0 N–H and O–H groups in total. The van der Waals surface area contributed by atoms with E-state index in [4.69, 9.17) is 11.6 Å². The maximum Gasteiger partial charge on any atom is 0.151 e. The van der Waals surface area contributed by atoms with E-state index in [0.717, 1.165) is 16.7 Å². The van der Waals surface area contributed by atoms with Crippen LogP contribution in [0.3, 0.4) is 0 Å². The summed E-state index contributed by atoms with van der Waals surface area (Å²) in [5.41, 5.74) is 3.03. The number of benzene rings is 1. The van der Waals surface area contributed by atoms with Gasteiger partial charge < -0.3 is 0 Å². The first kappa shape index (κ1) is 15.0. The second-order valence-electron chi connectivity index (χ2n) is 4.39. The Labute approximate surface area is 116 Å². The topological polar surface area (TPSA) is 34.1 Å². The number of aryl methyl sites for hydroxylation is 2. The molecule has 1 aromatic carbocycles. The first-order chi connectivity index (χ1) is 7.64. The van der Waals surface area contributed by atoms with Crippen LogP contribution in [0.15, 0.2) is 12.1 Å². The normalized spacial score (nSPS) is 15.6. The Kier molecular flexibility index (Phi) is 4.67. The Morgan fingerprint density at radius 1 is 1.24 bits per heavy atom. The molecule has 0 bridgehead atoms. The maximum atomic E-state index is 11.5. The van der Waals surface area contributed by atoms with Gasteiger partial charge in [-0.15, -0.1) is 0 Å². The quantitative estimate of drug-likeness (QED) is 0.784. The van der Waals surface area contributed by atoms with Gasteiger partial charge in [-0.2, -0.15) is 0 Å². The van der Waals surface area contributed by atoms with Crippen LogP contribution in [-0.4, -0.2) is 19.9 Å². The predicted molar refractivity (Wildman–Crippen MR) is 76.9 cm³/mol. The zero-order chi connectivity index (χ0) is 13.4. The fraction of sp³-hybridized carbons (Fsp3) is 0.500. The molecule has 0 spiro atoms. The smallest absolute Gasteiger partial charge is 0.151 e. The molecule has 0 aliphatic heterocycles. The summed E-state index contributed by atoms with van der Waals surface area (Å²) in [7, 11) is -3.10. The van der Waals surface area contributed by atoms with Crippen molar-refractivity contribution in [3.8, 4) is 0 Å². The van der Waals surface area contributed by atoms with Crippen molar-refractivity contribution in [1.82, 2.24) is 0 Å². The minimum atomic E-state index is -3.10. The van der Waals surface area contributed by atoms with Gasteiger partial charge in [0, 0.05) is 11.3 Å². The SMILES string of the molecule is Cc1cc(Cl)c(C(Br)C(C)S(C)(=O)=O)cc1C. The van der Waals surface area contributed by atoms with E-state index in [9.17, 15) is 8.42 Å². The van der Waals surface area contributed by atoms with Crippen LogP contribution in [-0.2, 0) is 9.84 Å². The van der Waals surface area contributed by atoms with Crippen LogP contribution in [0, 0.1) is 13.8 Å². The van der Waals surface area contributed by atoms with Crippen molar-refractivity contribution in [2.75, 3.05) is 6.26 Å². The van der Waals surface area contributed by atoms with Crippen molar-refractivity contribution in [2.24, 2.45) is 0 Å². The predicted octanol–water partition coefficient (Wildman–Crippen LogP) is 3.83. The average Bonchev–Trinajstić information content (AvgIpc) is 2.20. The van der Waals surface area contributed by atoms with Crippen LogP contribution in [0.1, 0.15) is 28.4 Å². The van der Waals surface area contributed by atoms with Crippen LogP contribution < -0.4 is 0 Å². The summed E-state index contributed by atoms with van der Waals surface area (Å²) >= 11 is 9.60. The Balaban J connectivity index is 3.22. The van der Waals surface area contributed by atoms with Gasteiger partial charge in [-0.3, -0.25) is 0 Å². The molecule has 17 heavy (non-hydrogen) atoms. The number of hydrogen-bond acceptors (Lipinski definition) is 2. The van der Waals surface area contributed by atoms with Crippen LogP contribution in [0.5, 0.6) is 0 Å². The highest BCUT2D eigenvalue weighted by Gasteiger charge is 2.26. The Bertz CT molecular complexity index is 526. The Hall–Kier alpha value is -0.0600. The summed E-state index contributed by atoms with van der Waals surface area (Å²) in [6, 6.07) is 3.81. The van der Waals surface area contributed by atoms with Gasteiger partial charge in [-0.05, 0) is 43.5 Å². The molecule has 0 saturated carbocycles. The van der Waals surface area contributed by atoms with Crippen molar-refractivity contribution in [2.45, 2.75) is 30.8 Å². The van der Waals surface area contributed by atoms with Gasteiger partial charge in [-0.1, -0.05) is 33.6 Å². The first-order valence-electron chi connectivity index (χ1n) is 5.24. The molecule has 1 aromatic rings. The van der Waals surface area contributed by atoms with Gasteiger partial charge in [0.25, 0.3) is 0 Å². The minimum absolute atomic E-state index is 0.288. The molecule has 2 unspecified atom stereocenters. The summed E-state index contributed by atoms with van der Waals surface area (Å²) in [5.74, 6) is 0. The van der Waals surface area contributed by atoms with Crippen molar-refractivity contribution in [3.05, 3.63) is 33.8 Å². The second kappa shape index (κ2) is 5.29. The summed E-state index contributed by atoms with van der Waals surface area (Å²) in [5, 5.41) is 0.0904. The van der Waals surface area contributed by atoms with Crippen LogP contribution in [0.2, 0.25) is 5.02 Å². The summed E-state index contributed by atoms with van der Waals surface area (Å²) < 4.78 is 23.1. The van der Waals surface area contributed by atoms with Gasteiger partial charge in [0.1, 0.15) is 0 Å². The van der Waals surface area contributed by atoms with Gasteiger partial charge in [-0.25, -0.2) is 8.42 Å². The standard InChI is InChI=1S/C12H16BrClO2S/c1-7-5-10(11(14)6-8(7)2)12(13)9(3)17(4,15)16/h5-6,9,12H,1-4H3. The molecular formula is C12H16BrClO2S. The molecule has 1 rings (SSSR count).